The molecule has 82 valence electrons. The van der Waals surface area contributed by atoms with E-state index in [2.05, 4.69) is 5.10 Å². The second-order valence-electron chi connectivity index (χ2n) is 3.60. The van der Waals surface area contributed by atoms with Gasteiger partial charge in [-0.2, -0.15) is 5.10 Å². The van der Waals surface area contributed by atoms with Crippen molar-refractivity contribution in [1.82, 2.24) is 9.78 Å². The molecule has 0 N–H and O–H groups in total. The van der Waals surface area contributed by atoms with E-state index < -0.39 is 0 Å². The third kappa shape index (κ3) is 1.67. The van der Waals surface area contributed by atoms with Gasteiger partial charge in [0.1, 0.15) is 5.69 Å². The molecule has 0 aliphatic carbocycles. The van der Waals surface area contributed by atoms with Crippen molar-refractivity contribution in [2.45, 2.75) is 13.8 Å². The molecule has 0 saturated carbocycles. The van der Waals surface area contributed by atoms with Crippen LogP contribution in [-0.2, 0) is 0 Å². The van der Waals surface area contributed by atoms with E-state index in [0.29, 0.717) is 5.69 Å². The van der Waals surface area contributed by atoms with Crippen LogP contribution in [0.1, 0.15) is 11.3 Å². The fourth-order valence-corrected chi connectivity index (χ4v) is 1.63. The highest BCUT2D eigenvalue weighted by molar-refractivity contribution is 5.56. The molecular formula is C11H11N3O2. The molecule has 0 aliphatic rings. The zero-order chi connectivity index (χ0) is 11.7. The standard InChI is InChI=1S/C11H11N3O2/c1-8-4-3-5-10(14(15)16)11(8)13-7-6-9(2)12-13/h3-7H,1-2H3. The van der Waals surface area contributed by atoms with Gasteiger partial charge in [-0.1, -0.05) is 12.1 Å². The van der Waals surface area contributed by atoms with Gasteiger partial charge in [-0.05, 0) is 25.5 Å². The molecule has 0 saturated heterocycles. The number of para-hydroxylation sites is 1. The summed E-state index contributed by atoms with van der Waals surface area (Å²) in [5.41, 5.74) is 2.26. The highest BCUT2D eigenvalue weighted by atomic mass is 16.6. The summed E-state index contributed by atoms with van der Waals surface area (Å²) in [7, 11) is 0. The van der Waals surface area contributed by atoms with Crippen LogP contribution in [0.5, 0.6) is 0 Å². The predicted octanol–water partition coefficient (Wildman–Crippen LogP) is 2.40. The number of hydrogen-bond donors (Lipinski definition) is 0. The van der Waals surface area contributed by atoms with Crippen molar-refractivity contribution in [2.24, 2.45) is 0 Å². The van der Waals surface area contributed by atoms with E-state index in [1.807, 2.05) is 26.0 Å². The summed E-state index contributed by atoms with van der Waals surface area (Å²) in [6, 6.07) is 6.81. The van der Waals surface area contributed by atoms with Crippen LogP contribution in [0.15, 0.2) is 30.5 Å². The number of nitro groups is 1. The molecule has 5 nitrogen and oxygen atoms in total. The number of benzene rings is 1. The van der Waals surface area contributed by atoms with Gasteiger partial charge in [0.05, 0.1) is 10.6 Å². The van der Waals surface area contributed by atoms with E-state index in [0.717, 1.165) is 11.3 Å². The molecule has 0 amide bonds. The second kappa shape index (κ2) is 3.77. The van der Waals surface area contributed by atoms with Gasteiger partial charge in [0.15, 0.2) is 0 Å². The quantitative estimate of drug-likeness (QED) is 0.573. The summed E-state index contributed by atoms with van der Waals surface area (Å²) in [4.78, 5) is 10.5. The normalized spacial score (nSPS) is 10.4. The topological polar surface area (TPSA) is 61.0 Å². The fraction of sp³-hybridized carbons (Fsp3) is 0.182. The van der Waals surface area contributed by atoms with Gasteiger partial charge >= 0.3 is 0 Å². The van der Waals surface area contributed by atoms with Crippen LogP contribution in [0.4, 0.5) is 5.69 Å². The van der Waals surface area contributed by atoms with Gasteiger partial charge in [0.25, 0.3) is 5.69 Å². The van der Waals surface area contributed by atoms with Gasteiger partial charge in [-0.15, -0.1) is 0 Å². The first kappa shape index (κ1) is 10.4. The van der Waals surface area contributed by atoms with Crippen LogP contribution in [-0.4, -0.2) is 14.7 Å². The smallest absolute Gasteiger partial charge is 0.258 e. The van der Waals surface area contributed by atoms with Crippen molar-refractivity contribution in [3.63, 3.8) is 0 Å². The minimum atomic E-state index is -0.390. The summed E-state index contributed by atoms with van der Waals surface area (Å²) in [6.07, 6.45) is 1.73. The largest absolute Gasteiger partial charge is 0.295 e. The van der Waals surface area contributed by atoms with E-state index in [1.165, 1.54) is 6.07 Å². The predicted molar refractivity (Wildman–Crippen MR) is 59.7 cm³/mol. The van der Waals surface area contributed by atoms with Crippen LogP contribution in [0.3, 0.4) is 0 Å². The molecular weight excluding hydrogens is 206 g/mol. The number of aromatic nitrogens is 2. The highest BCUT2D eigenvalue weighted by Crippen LogP contribution is 2.25. The lowest BCUT2D eigenvalue weighted by Crippen LogP contribution is -2.03. The van der Waals surface area contributed by atoms with E-state index in [4.69, 9.17) is 0 Å². The van der Waals surface area contributed by atoms with Gasteiger partial charge in [0, 0.05) is 12.3 Å². The van der Waals surface area contributed by atoms with Crippen LogP contribution in [0.25, 0.3) is 5.69 Å². The molecule has 0 radical (unpaired) electrons. The Morgan fingerprint density at radius 3 is 2.62 bits per heavy atom. The van der Waals surface area contributed by atoms with Crippen LogP contribution in [0, 0.1) is 24.0 Å². The maximum atomic E-state index is 10.9. The van der Waals surface area contributed by atoms with Crippen LogP contribution >= 0.6 is 0 Å². The van der Waals surface area contributed by atoms with E-state index in [9.17, 15) is 10.1 Å². The Hall–Kier alpha value is -2.17. The Kier molecular flexibility index (Phi) is 2.44. The Morgan fingerprint density at radius 1 is 1.31 bits per heavy atom. The van der Waals surface area contributed by atoms with E-state index in [1.54, 1.807) is 16.9 Å². The molecule has 16 heavy (non-hydrogen) atoms. The van der Waals surface area contributed by atoms with Crippen molar-refractivity contribution in [3.05, 3.63) is 51.8 Å². The maximum absolute atomic E-state index is 10.9. The second-order valence-corrected chi connectivity index (χ2v) is 3.60. The molecule has 0 fully saturated rings. The number of hydrogen-bond acceptors (Lipinski definition) is 3. The van der Waals surface area contributed by atoms with Gasteiger partial charge in [-0.25, -0.2) is 4.68 Å². The third-order valence-electron chi connectivity index (χ3n) is 2.36. The number of nitro benzene ring substituents is 1. The average molecular weight is 217 g/mol. The van der Waals surface area contributed by atoms with Gasteiger partial charge in [-0.3, -0.25) is 10.1 Å². The molecule has 5 heteroatoms. The summed E-state index contributed by atoms with van der Waals surface area (Å²) >= 11 is 0. The first-order chi connectivity index (χ1) is 7.59. The molecule has 2 rings (SSSR count). The Bertz CT molecular complexity index is 546. The minimum Gasteiger partial charge on any atom is -0.258 e. The molecule has 0 unspecified atom stereocenters. The summed E-state index contributed by atoms with van der Waals surface area (Å²) in [5, 5.41) is 15.1. The fourth-order valence-electron chi connectivity index (χ4n) is 1.63. The molecule has 1 aromatic heterocycles. The van der Waals surface area contributed by atoms with Crippen molar-refractivity contribution in [1.29, 1.82) is 0 Å². The molecule has 0 spiro atoms. The monoisotopic (exact) mass is 217 g/mol. The Morgan fingerprint density at radius 2 is 2.06 bits per heavy atom. The lowest BCUT2D eigenvalue weighted by molar-refractivity contribution is -0.384. The summed E-state index contributed by atoms with van der Waals surface area (Å²) in [5.74, 6) is 0. The van der Waals surface area contributed by atoms with E-state index in [-0.39, 0.29) is 10.6 Å². The first-order valence-electron chi connectivity index (χ1n) is 4.86. The molecule has 0 atom stereocenters. The zero-order valence-electron chi connectivity index (χ0n) is 9.04. The zero-order valence-corrected chi connectivity index (χ0v) is 9.04. The maximum Gasteiger partial charge on any atom is 0.295 e. The van der Waals surface area contributed by atoms with Crippen LogP contribution in [0.2, 0.25) is 0 Å². The molecule has 1 aromatic carbocycles. The number of aryl methyl sites for hydroxylation is 2. The van der Waals surface area contributed by atoms with Crippen LogP contribution < -0.4 is 0 Å². The molecule has 2 aromatic rings. The Labute approximate surface area is 92.5 Å². The Balaban J connectivity index is 2.67. The van der Waals surface area contributed by atoms with Gasteiger partial charge < -0.3 is 0 Å². The lowest BCUT2D eigenvalue weighted by atomic mass is 10.2. The minimum absolute atomic E-state index is 0.0723. The van der Waals surface area contributed by atoms with Gasteiger partial charge in [0.2, 0.25) is 0 Å². The average Bonchev–Trinajstić information content (AvgIpc) is 2.64. The van der Waals surface area contributed by atoms with Crippen molar-refractivity contribution in [2.75, 3.05) is 0 Å². The summed E-state index contributed by atoms with van der Waals surface area (Å²) < 4.78 is 1.54. The third-order valence-corrected chi connectivity index (χ3v) is 2.36. The highest BCUT2D eigenvalue weighted by Gasteiger charge is 2.17. The number of rotatable bonds is 2. The van der Waals surface area contributed by atoms with Crippen molar-refractivity contribution < 1.29 is 4.92 Å². The molecule has 0 bridgehead atoms. The van der Waals surface area contributed by atoms with Crippen molar-refractivity contribution in [3.8, 4) is 5.69 Å². The van der Waals surface area contributed by atoms with Crippen molar-refractivity contribution >= 4 is 5.69 Å². The summed E-state index contributed by atoms with van der Waals surface area (Å²) in [6.45, 7) is 3.68. The molecule has 0 aliphatic heterocycles. The SMILES string of the molecule is Cc1ccn(-c2c(C)cccc2[N+](=O)[O-])n1. The first-order valence-corrected chi connectivity index (χ1v) is 4.86. The lowest BCUT2D eigenvalue weighted by Gasteiger charge is -2.06. The number of nitrogens with zero attached hydrogens (tertiary/aromatic N) is 3. The molecule has 1 heterocycles. The van der Waals surface area contributed by atoms with E-state index >= 15 is 0 Å².